The SMILES string of the molecule is CC(=O)Nc1ccc(S(=O)(=O)NC(C)C(=O)NCC(C)C(=O)O)cc1. The lowest BCUT2D eigenvalue weighted by Gasteiger charge is -2.15. The maximum absolute atomic E-state index is 12.3. The van der Waals surface area contributed by atoms with E-state index in [1.807, 2.05) is 0 Å². The zero-order valence-corrected chi connectivity index (χ0v) is 14.9. The van der Waals surface area contributed by atoms with Crippen LogP contribution in [-0.4, -0.2) is 43.9 Å². The Balaban J connectivity index is 2.71. The van der Waals surface area contributed by atoms with Gasteiger partial charge in [-0.1, -0.05) is 6.92 Å². The lowest BCUT2D eigenvalue weighted by atomic mass is 10.2. The number of aliphatic carboxylic acids is 1. The zero-order chi connectivity index (χ0) is 19.2. The third-order valence-electron chi connectivity index (χ3n) is 3.21. The van der Waals surface area contributed by atoms with Crippen LogP contribution in [0.2, 0.25) is 0 Å². The van der Waals surface area contributed by atoms with Gasteiger partial charge in [0.25, 0.3) is 0 Å². The second kappa shape index (κ2) is 8.58. The Hall–Kier alpha value is -2.46. The fourth-order valence-corrected chi connectivity index (χ4v) is 2.97. The fraction of sp³-hybridized carbons (Fsp3) is 0.400. The van der Waals surface area contributed by atoms with Gasteiger partial charge in [-0.15, -0.1) is 0 Å². The van der Waals surface area contributed by atoms with Crippen molar-refractivity contribution in [3.8, 4) is 0 Å². The van der Waals surface area contributed by atoms with Crippen molar-refractivity contribution in [3.63, 3.8) is 0 Å². The minimum Gasteiger partial charge on any atom is -0.481 e. The monoisotopic (exact) mass is 371 g/mol. The quantitative estimate of drug-likeness (QED) is 0.512. The number of carbonyl (C=O) groups excluding carboxylic acids is 2. The standard InChI is InChI=1S/C15H21N3O6S/c1-9(15(21)22)8-16-14(20)10(2)18-25(23,24)13-6-4-12(5-7-13)17-11(3)19/h4-7,9-10,18H,8H2,1-3H3,(H,16,20)(H,17,19)(H,21,22). The molecule has 0 aliphatic rings. The van der Waals surface area contributed by atoms with Crippen LogP contribution in [0.15, 0.2) is 29.2 Å². The molecule has 138 valence electrons. The third kappa shape index (κ3) is 6.51. The van der Waals surface area contributed by atoms with E-state index in [9.17, 15) is 22.8 Å². The zero-order valence-electron chi connectivity index (χ0n) is 14.1. The molecule has 0 fully saturated rings. The van der Waals surface area contributed by atoms with Crippen LogP contribution in [0.5, 0.6) is 0 Å². The lowest BCUT2D eigenvalue weighted by Crippen LogP contribution is -2.46. The van der Waals surface area contributed by atoms with Gasteiger partial charge in [-0.3, -0.25) is 14.4 Å². The highest BCUT2D eigenvalue weighted by atomic mass is 32.2. The van der Waals surface area contributed by atoms with Crippen molar-refractivity contribution in [2.45, 2.75) is 31.7 Å². The van der Waals surface area contributed by atoms with Crippen LogP contribution < -0.4 is 15.4 Å². The van der Waals surface area contributed by atoms with Crippen LogP contribution >= 0.6 is 0 Å². The summed E-state index contributed by atoms with van der Waals surface area (Å²) in [7, 11) is -3.94. The van der Waals surface area contributed by atoms with Gasteiger partial charge in [0, 0.05) is 19.2 Å². The van der Waals surface area contributed by atoms with Gasteiger partial charge in [-0.2, -0.15) is 4.72 Å². The van der Waals surface area contributed by atoms with Crippen molar-refractivity contribution in [2.24, 2.45) is 5.92 Å². The van der Waals surface area contributed by atoms with E-state index >= 15 is 0 Å². The lowest BCUT2D eigenvalue weighted by molar-refractivity contribution is -0.141. The van der Waals surface area contributed by atoms with Gasteiger partial charge in [0.1, 0.15) is 0 Å². The third-order valence-corrected chi connectivity index (χ3v) is 4.77. The van der Waals surface area contributed by atoms with Crippen LogP contribution in [0.4, 0.5) is 5.69 Å². The molecule has 1 aromatic rings. The highest BCUT2D eigenvalue weighted by molar-refractivity contribution is 7.89. The van der Waals surface area contributed by atoms with Crippen molar-refractivity contribution in [2.75, 3.05) is 11.9 Å². The topological polar surface area (TPSA) is 142 Å². The highest BCUT2D eigenvalue weighted by Crippen LogP contribution is 2.14. The number of hydrogen-bond donors (Lipinski definition) is 4. The van der Waals surface area contributed by atoms with Gasteiger partial charge in [0.05, 0.1) is 16.9 Å². The number of nitrogens with one attached hydrogen (secondary N) is 3. The molecule has 0 aromatic heterocycles. The van der Waals surface area contributed by atoms with E-state index in [2.05, 4.69) is 15.4 Å². The smallest absolute Gasteiger partial charge is 0.308 e. The Morgan fingerprint density at radius 1 is 1.12 bits per heavy atom. The summed E-state index contributed by atoms with van der Waals surface area (Å²) >= 11 is 0. The number of hydrogen-bond acceptors (Lipinski definition) is 5. The van der Waals surface area contributed by atoms with Crippen LogP contribution in [0.1, 0.15) is 20.8 Å². The number of benzene rings is 1. The van der Waals surface area contributed by atoms with Crippen molar-refractivity contribution in [1.29, 1.82) is 0 Å². The van der Waals surface area contributed by atoms with E-state index in [1.165, 1.54) is 45.0 Å². The summed E-state index contributed by atoms with van der Waals surface area (Å²) in [6.07, 6.45) is 0. The summed E-state index contributed by atoms with van der Waals surface area (Å²) in [6.45, 7) is 4.00. The first-order valence-electron chi connectivity index (χ1n) is 7.43. The minimum atomic E-state index is -3.94. The molecule has 0 radical (unpaired) electrons. The molecule has 0 aliphatic carbocycles. The summed E-state index contributed by atoms with van der Waals surface area (Å²) in [5.74, 6) is -2.76. The molecule has 4 N–H and O–H groups in total. The fourth-order valence-electron chi connectivity index (χ4n) is 1.77. The van der Waals surface area contributed by atoms with E-state index in [0.717, 1.165) is 0 Å². The molecule has 1 aromatic carbocycles. The predicted molar refractivity (Wildman–Crippen MR) is 90.3 cm³/mol. The van der Waals surface area contributed by atoms with Gasteiger partial charge in [-0.25, -0.2) is 8.42 Å². The second-order valence-corrected chi connectivity index (χ2v) is 7.25. The summed E-state index contributed by atoms with van der Waals surface area (Å²) < 4.78 is 26.7. The van der Waals surface area contributed by atoms with Gasteiger partial charge in [0.2, 0.25) is 21.8 Å². The number of carboxylic acid groups (broad SMARTS) is 1. The molecule has 0 heterocycles. The molecule has 0 spiro atoms. The van der Waals surface area contributed by atoms with E-state index in [-0.39, 0.29) is 17.3 Å². The number of rotatable bonds is 8. The average molecular weight is 371 g/mol. The Kier molecular flexibility index (Phi) is 7.07. The van der Waals surface area contributed by atoms with Gasteiger partial charge in [0.15, 0.2) is 0 Å². The average Bonchev–Trinajstić information content (AvgIpc) is 2.51. The van der Waals surface area contributed by atoms with Crippen LogP contribution in [0.3, 0.4) is 0 Å². The Morgan fingerprint density at radius 3 is 2.16 bits per heavy atom. The molecule has 2 amide bonds. The maximum atomic E-state index is 12.3. The Morgan fingerprint density at radius 2 is 1.68 bits per heavy atom. The first-order valence-corrected chi connectivity index (χ1v) is 8.91. The number of amides is 2. The summed E-state index contributed by atoms with van der Waals surface area (Å²) in [5.41, 5.74) is 0.444. The number of sulfonamides is 1. The molecule has 0 bridgehead atoms. The maximum Gasteiger partial charge on any atom is 0.308 e. The van der Waals surface area contributed by atoms with Gasteiger partial charge < -0.3 is 15.7 Å². The number of carbonyl (C=O) groups is 3. The Bertz CT molecular complexity index is 745. The van der Waals surface area contributed by atoms with Crippen LogP contribution in [0, 0.1) is 5.92 Å². The van der Waals surface area contributed by atoms with Crippen LogP contribution in [-0.2, 0) is 24.4 Å². The Labute approximate surface area is 145 Å². The molecule has 25 heavy (non-hydrogen) atoms. The number of anilines is 1. The second-order valence-electron chi connectivity index (χ2n) is 5.53. The summed E-state index contributed by atoms with van der Waals surface area (Å²) in [6, 6.07) is 4.36. The first kappa shape index (κ1) is 20.6. The number of carboxylic acids is 1. The summed E-state index contributed by atoms with van der Waals surface area (Å²) in [5, 5.41) is 13.6. The molecule has 0 saturated heterocycles. The van der Waals surface area contributed by atoms with Crippen molar-refractivity contribution >= 4 is 33.5 Å². The molecule has 10 heteroatoms. The van der Waals surface area contributed by atoms with Gasteiger partial charge in [-0.05, 0) is 31.2 Å². The molecule has 2 unspecified atom stereocenters. The molecule has 9 nitrogen and oxygen atoms in total. The minimum absolute atomic E-state index is 0.0693. The molecule has 2 atom stereocenters. The van der Waals surface area contributed by atoms with E-state index < -0.39 is 33.9 Å². The highest BCUT2D eigenvalue weighted by Gasteiger charge is 2.23. The van der Waals surface area contributed by atoms with Crippen molar-refractivity contribution in [3.05, 3.63) is 24.3 Å². The predicted octanol–water partition coefficient (Wildman–Crippen LogP) is 0.149. The molecule has 1 rings (SSSR count). The van der Waals surface area contributed by atoms with E-state index in [4.69, 9.17) is 5.11 Å². The molecular formula is C15H21N3O6S. The molecular weight excluding hydrogens is 350 g/mol. The van der Waals surface area contributed by atoms with E-state index in [1.54, 1.807) is 0 Å². The van der Waals surface area contributed by atoms with Crippen LogP contribution in [0.25, 0.3) is 0 Å². The first-order chi connectivity index (χ1) is 11.5. The van der Waals surface area contributed by atoms with E-state index in [0.29, 0.717) is 5.69 Å². The normalized spacial score (nSPS) is 13.6. The summed E-state index contributed by atoms with van der Waals surface area (Å²) in [4.78, 5) is 33.5. The van der Waals surface area contributed by atoms with Crippen molar-refractivity contribution < 1.29 is 27.9 Å². The largest absolute Gasteiger partial charge is 0.481 e. The molecule has 0 aliphatic heterocycles. The molecule has 0 saturated carbocycles. The van der Waals surface area contributed by atoms with Gasteiger partial charge >= 0.3 is 5.97 Å². The van der Waals surface area contributed by atoms with Crippen molar-refractivity contribution in [1.82, 2.24) is 10.0 Å².